The summed E-state index contributed by atoms with van der Waals surface area (Å²) in [6.45, 7) is 4.95. The van der Waals surface area contributed by atoms with Gasteiger partial charge in [-0.2, -0.15) is 0 Å². The second kappa shape index (κ2) is 12.0. The van der Waals surface area contributed by atoms with E-state index in [0.29, 0.717) is 57.0 Å². The van der Waals surface area contributed by atoms with E-state index in [4.69, 9.17) is 32.7 Å². The van der Waals surface area contributed by atoms with Crippen molar-refractivity contribution < 1.29 is 19.1 Å². The Hall–Kier alpha value is -4.07. The molecule has 9 heteroatoms. The molecule has 0 radical (unpaired) electrons. The lowest BCUT2D eigenvalue weighted by Crippen LogP contribution is -2.39. The minimum atomic E-state index is -1.20. The number of rotatable bonds is 9. The van der Waals surface area contributed by atoms with E-state index < -0.39 is 5.41 Å². The Bertz CT molecular complexity index is 1650. The van der Waals surface area contributed by atoms with Crippen molar-refractivity contribution in [1.29, 1.82) is 0 Å². The predicted octanol–water partition coefficient (Wildman–Crippen LogP) is 6.92. The highest BCUT2D eigenvalue weighted by atomic mass is 35.5. The van der Waals surface area contributed by atoms with E-state index in [1.807, 2.05) is 44.2 Å². The number of methoxy groups -OCH3 is 2. The first-order chi connectivity index (χ1) is 20.2. The number of halogens is 2. The molecule has 0 bridgehead atoms. The first-order valence-corrected chi connectivity index (χ1v) is 14.3. The lowest BCUT2D eigenvalue weighted by atomic mass is 9.76. The fourth-order valence-corrected chi connectivity index (χ4v) is 5.95. The molecule has 1 aliphatic heterocycles. The van der Waals surface area contributed by atoms with Gasteiger partial charge >= 0.3 is 0 Å². The van der Waals surface area contributed by atoms with Crippen molar-refractivity contribution in [2.75, 3.05) is 25.7 Å². The molecule has 3 aromatic carbocycles. The number of benzene rings is 3. The third-order valence-electron chi connectivity index (χ3n) is 7.83. The molecule has 1 aromatic heterocycles. The molecule has 2 amide bonds. The van der Waals surface area contributed by atoms with Gasteiger partial charge in [0.1, 0.15) is 16.9 Å². The van der Waals surface area contributed by atoms with Crippen molar-refractivity contribution in [2.24, 2.45) is 0 Å². The van der Waals surface area contributed by atoms with Crippen molar-refractivity contribution in [2.45, 2.75) is 32.4 Å². The van der Waals surface area contributed by atoms with Crippen LogP contribution in [0.3, 0.4) is 0 Å². The van der Waals surface area contributed by atoms with Crippen molar-refractivity contribution in [3.8, 4) is 11.5 Å². The number of hydrogen-bond acceptors (Lipinski definition) is 5. The van der Waals surface area contributed by atoms with Crippen LogP contribution in [0.5, 0.6) is 11.5 Å². The molecule has 0 saturated heterocycles. The van der Waals surface area contributed by atoms with E-state index in [9.17, 15) is 9.59 Å². The van der Waals surface area contributed by atoms with E-state index in [1.165, 1.54) is 0 Å². The van der Waals surface area contributed by atoms with Crippen LogP contribution in [0.25, 0.3) is 0 Å². The zero-order valence-electron chi connectivity index (χ0n) is 23.9. The molecule has 1 aliphatic rings. The summed E-state index contributed by atoms with van der Waals surface area (Å²) in [6.07, 6.45) is 3.41. The van der Waals surface area contributed by atoms with E-state index in [-0.39, 0.29) is 18.4 Å². The minimum absolute atomic E-state index is 0.160. The number of ether oxygens (including phenoxy) is 2. The monoisotopic (exact) mass is 603 g/mol. The second-order valence-electron chi connectivity index (χ2n) is 10.2. The van der Waals surface area contributed by atoms with Gasteiger partial charge in [0.25, 0.3) is 5.91 Å². The maximum Gasteiger partial charge on any atom is 0.254 e. The van der Waals surface area contributed by atoms with Gasteiger partial charge in [0.15, 0.2) is 0 Å². The van der Waals surface area contributed by atoms with Crippen LogP contribution in [-0.2, 0) is 23.3 Å². The summed E-state index contributed by atoms with van der Waals surface area (Å²) >= 11 is 13.3. The molecule has 42 heavy (non-hydrogen) atoms. The number of carbonyl (C=O) groups is 2. The van der Waals surface area contributed by atoms with Gasteiger partial charge in [0.05, 0.1) is 20.8 Å². The number of nitrogens with zero attached hydrogens (tertiary/aromatic N) is 3. The van der Waals surface area contributed by atoms with Crippen LogP contribution in [0.15, 0.2) is 79.1 Å². The first-order valence-electron chi connectivity index (χ1n) is 13.5. The summed E-state index contributed by atoms with van der Waals surface area (Å²) < 4.78 is 10.9. The van der Waals surface area contributed by atoms with Crippen molar-refractivity contribution in [1.82, 2.24) is 9.88 Å². The van der Waals surface area contributed by atoms with Gasteiger partial charge in [-0.15, -0.1) is 0 Å². The zero-order valence-corrected chi connectivity index (χ0v) is 25.4. The fraction of sp³-hybridized carbons (Fsp3) is 0.242. The molecule has 0 aliphatic carbocycles. The van der Waals surface area contributed by atoms with Crippen LogP contribution in [0.4, 0.5) is 5.69 Å². The highest BCUT2D eigenvalue weighted by molar-refractivity contribution is 6.33. The molecule has 0 spiro atoms. The van der Waals surface area contributed by atoms with Crippen molar-refractivity contribution >= 4 is 40.7 Å². The second-order valence-corrected chi connectivity index (χ2v) is 11.1. The third kappa shape index (κ3) is 5.30. The molecule has 0 fully saturated rings. The van der Waals surface area contributed by atoms with Crippen LogP contribution >= 0.6 is 23.2 Å². The largest absolute Gasteiger partial charge is 0.497 e. The molecule has 5 rings (SSSR count). The maximum atomic E-state index is 14.4. The zero-order chi connectivity index (χ0) is 30.0. The molecular weight excluding hydrogens is 573 g/mol. The highest BCUT2D eigenvalue weighted by Crippen LogP contribution is 2.49. The summed E-state index contributed by atoms with van der Waals surface area (Å²) in [5, 5.41) is 0.879. The van der Waals surface area contributed by atoms with E-state index in [2.05, 4.69) is 4.98 Å². The molecule has 216 valence electrons. The molecule has 1 atom stereocenters. The van der Waals surface area contributed by atoms with Gasteiger partial charge in [-0.05, 0) is 91.2 Å². The maximum absolute atomic E-state index is 14.4. The predicted molar refractivity (Wildman–Crippen MR) is 165 cm³/mol. The molecule has 2 heterocycles. The van der Waals surface area contributed by atoms with Gasteiger partial charge in [-0.25, -0.2) is 0 Å². The molecule has 0 N–H and O–H groups in total. The quantitative estimate of drug-likeness (QED) is 0.208. The lowest BCUT2D eigenvalue weighted by molar-refractivity contribution is -0.121. The van der Waals surface area contributed by atoms with Crippen molar-refractivity contribution in [3.05, 3.63) is 117 Å². The average molecular weight is 605 g/mol. The standard InChI is InChI=1S/C33H31Cl2N3O4/c1-5-37(19-21-12-14-36-15-13-21)31(39)22-7-10-28(35)26(16-22)33(2)27-17-24(34)8-11-29(27)38(32(33)40)20-23-6-9-25(41-3)18-30(23)42-4/h6-18H,5,19-20H2,1-4H3. The Morgan fingerprint density at radius 3 is 2.40 bits per heavy atom. The van der Waals surface area contributed by atoms with Gasteiger partial charge in [-0.1, -0.05) is 23.2 Å². The Morgan fingerprint density at radius 2 is 1.71 bits per heavy atom. The molecule has 1 unspecified atom stereocenters. The van der Waals surface area contributed by atoms with Crippen LogP contribution in [0.2, 0.25) is 10.0 Å². The van der Waals surface area contributed by atoms with Crippen LogP contribution in [0, 0.1) is 0 Å². The van der Waals surface area contributed by atoms with Gasteiger partial charge in [-0.3, -0.25) is 14.6 Å². The molecule has 7 nitrogen and oxygen atoms in total. The van der Waals surface area contributed by atoms with Crippen LogP contribution in [0.1, 0.15) is 46.5 Å². The molecule has 4 aromatic rings. The lowest BCUT2D eigenvalue weighted by Gasteiger charge is -2.28. The number of hydrogen-bond donors (Lipinski definition) is 0. The Kier molecular flexibility index (Phi) is 8.43. The summed E-state index contributed by atoms with van der Waals surface area (Å²) in [6, 6.07) is 19.8. The number of pyridine rings is 1. The Balaban J connectivity index is 1.55. The molecule has 0 saturated carbocycles. The summed E-state index contributed by atoms with van der Waals surface area (Å²) in [5.41, 5.74) is 2.98. The SMILES string of the molecule is CCN(Cc1ccncc1)C(=O)c1ccc(Cl)c(C2(C)C(=O)N(Cc3ccc(OC)cc3OC)c3ccc(Cl)cc32)c1. The summed E-state index contributed by atoms with van der Waals surface area (Å²) in [7, 11) is 3.17. The molecular formula is C33H31Cl2N3O4. The number of fused-ring (bicyclic) bond motifs is 1. The minimum Gasteiger partial charge on any atom is -0.497 e. The topological polar surface area (TPSA) is 72.0 Å². The van der Waals surface area contributed by atoms with Gasteiger partial charge in [0, 0.05) is 58.4 Å². The summed E-state index contributed by atoms with van der Waals surface area (Å²) in [4.78, 5) is 35.7. The number of carbonyl (C=O) groups excluding carboxylic acids is 2. The number of aromatic nitrogens is 1. The fourth-order valence-electron chi connectivity index (χ4n) is 5.47. The first kappa shape index (κ1) is 29.4. The van der Waals surface area contributed by atoms with Gasteiger partial charge < -0.3 is 19.3 Å². The van der Waals surface area contributed by atoms with Gasteiger partial charge in [0.2, 0.25) is 5.91 Å². The number of amides is 2. The van der Waals surface area contributed by atoms with Crippen LogP contribution in [-0.4, -0.2) is 42.5 Å². The Labute approximate surface area is 255 Å². The third-order valence-corrected chi connectivity index (χ3v) is 8.39. The highest BCUT2D eigenvalue weighted by Gasteiger charge is 2.50. The smallest absolute Gasteiger partial charge is 0.254 e. The van der Waals surface area contributed by atoms with Crippen LogP contribution < -0.4 is 14.4 Å². The normalized spacial score (nSPS) is 15.9. The Morgan fingerprint density at radius 1 is 0.952 bits per heavy atom. The van der Waals surface area contributed by atoms with E-state index >= 15 is 0 Å². The summed E-state index contributed by atoms with van der Waals surface area (Å²) in [5.74, 6) is 0.908. The number of anilines is 1. The van der Waals surface area contributed by atoms with Crippen molar-refractivity contribution in [3.63, 3.8) is 0 Å². The average Bonchev–Trinajstić information content (AvgIpc) is 3.22. The van der Waals surface area contributed by atoms with E-state index in [0.717, 1.165) is 11.1 Å². The van der Waals surface area contributed by atoms with E-state index in [1.54, 1.807) is 72.8 Å².